The van der Waals surface area contributed by atoms with Crippen molar-refractivity contribution in [3.8, 4) is 0 Å². The molecule has 2 aliphatic rings. The minimum atomic E-state index is -1.49. The van der Waals surface area contributed by atoms with Crippen molar-refractivity contribution in [2.45, 2.75) is 25.0 Å². The van der Waals surface area contributed by atoms with Gasteiger partial charge < -0.3 is 29.9 Å². The van der Waals surface area contributed by atoms with Crippen LogP contribution in [0.15, 0.2) is 48.0 Å². The minimum Gasteiger partial charge on any atom is -0.491 e. The van der Waals surface area contributed by atoms with Crippen LogP contribution in [0.3, 0.4) is 0 Å². The molecule has 4 unspecified atom stereocenters. The first-order valence-corrected chi connectivity index (χ1v) is 8.49. The first-order valence-electron chi connectivity index (χ1n) is 8.49. The first-order chi connectivity index (χ1) is 12.2. The lowest BCUT2D eigenvalue weighted by Crippen LogP contribution is -2.47. The molecule has 0 saturated heterocycles. The lowest BCUT2D eigenvalue weighted by molar-refractivity contribution is -0.134. The molecule has 0 amide bonds. The van der Waals surface area contributed by atoms with Crippen LogP contribution in [0.5, 0.6) is 0 Å². The molecule has 0 heterocycles. The standard InChI is InChI=1S/C19H26O7/c1-18(23)11-13(25-9-7-20)3-5-15(18)17(22)16-6-4-14(26-10-8-21)12-19(16,2)24/h3-6,11-12,15-16,20-21,23-24H,7-10H2,1-2H3. The summed E-state index contributed by atoms with van der Waals surface area (Å²) in [5.74, 6) is -1.32. The number of carbonyl (C=O) groups excluding carboxylic acids is 1. The van der Waals surface area contributed by atoms with Crippen LogP contribution in [0.4, 0.5) is 0 Å². The van der Waals surface area contributed by atoms with E-state index in [1.165, 1.54) is 26.0 Å². The summed E-state index contributed by atoms with van der Waals surface area (Å²) in [5, 5.41) is 39.0. The molecule has 4 atom stereocenters. The summed E-state index contributed by atoms with van der Waals surface area (Å²) in [6, 6.07) is 0. The maximum absolute atomic E-state index is 13.0. The van der Waals surface area contributed by atoms with Gasteiger partial charge in [0.15, 0.2) is 5.78 Å². The quantitative estimate of drug-likeness (QED) is 0.485. The maximum atomic E-state index is 13.0. The number of aliphatic hydroxyl groups is 4. The minimum absolute atomic E-state index is 0.0896. The molecule has 0 bridgehead atoms. The molecule has 144 valence electrons. The Bertz CT molecular complexity index is 586. The van der Waals surface area contributed by atoms with E-state index >= 15 is 0 Å². The van der Waals surface area contributed by atoms with Crippen molar-refractivity contribution < 1.29 is 34.7 Å². The fraction of sp³-hybridized carbons (Fsp3) is 0.526. The van der Waals surface area contributed by atoms with Crippen LogP contribution in [-0.4, -0.2) is 63.8 Å². The summed E-state index contributed by atoms with van der Waals surface area (Å²) in [4.78, 5) is 13.0. The predicted octanol–water partition coefficient (Wildman–Crippen LogP) is 0.215. The van der Waals surface area contributed by atoms with Gasteiger partial charge in [-0.05, 0) is 38.2 Å². The highest BCUT2D eigenvalue weighted by Gasteiger charge is 2.45. The number of carbonyl (C=O) groups is 1. The van der Waals surface area contributed by atoms with E-state index in [9.17, 15) is 15.0 Å². The molecular formula is C19H26O7. The molecule has 26 heavy (non-hydrogen) atoms. The van der Waals surface area contributed by atoms with E-state index in [1.54, 1.807) is 24.3 Å². The zero-order valence-corrected chi connectivity index (χ0v) is 15.0. The second kappa shape index (κ2) is 8.18. The van der Waals surface area contributed by atoms with Gasteiger partial charge in [-0.25, -0.2) is 0 Å². The van der Waals surface area contributed by atoms with Gasteiger partial charge in [0.2, 0.25) is 0 Å². The molecule has 4 N–H and O–H groups in total. The van der Waals surface area contributed by atoms with Crippen molar-refractivity contribution in [3.05, 3.63) is 48.0 Å². The number of aliphatic hydroxyl groups excluding tert-OH is 2. The van der Waals surface area contributed by atoms with Gasteiger partial charge in [-0.15, -0.1) is 0 Å². The third-order valence-corrected chi connectivity index (χ3v) is 4.37. The summed E-state index contributed by atoms with van der Waals surface area (Å²) in [6.45, 7) is 2.86. The Morgan fingerprint density at radius 3 is 1.62 bits per heavy atom. The second-order valence-electron chi connectivity index (χ2n) is 6.77. The molecule has 0 aliphatic heterocycles. The first kappa shape index (κ1) is 20.4. The third-order valence-electron chi connectivity index (χ3n) is 4.37. The van der Waals surface area contributed by atoms with Crippen LogP contribution in [0.2, 0.25) is 0 Å². The molecule has 2 rings (SSSR count). The zero-order valence-electron chi connectivity index (χ0n) is 15.0. The van der Waals surface area contributed by atoms with E-state index in [4.69, 9.17) is 19.7 Å². The van der Waals surface area contributed by atoms with E-state index in [-0.39, 0.29) is 32.2 Å². The van der Waals surface area contributed by atoms with Crippen LogP contribution in [0, 0.1) is 11.8 Å². The Morgan fingerprint density at radius 2 is 1.31 bits per heavy atom. The fourth-order valence-corrected chi connectivity index (χ4v) is 3.09. The topological polar surface area (TPSA) is 116 Å². The largest absolute Gasteiger partial charge is 0.491 e. The van der Waals surface area contributed by atoms with E-state index < -0.39 is 23.0 Å². The van der Waals surface area contributed by atoms with Crippen molar-refractivity contribution >= 4 is 5.78 Å². The Morgan fingerprint density at radius 1 is 0.923 bits per heavy atom. The highest BCUT2D eigenvalue weighted by molar-refractivity contribution is 5.90. The average Bonchev–Trinajstić information content (AvgIpc) is 2.56. The summed E-state index contributed by atoms with van der Waals surface area (Å²) < 4.78 is 10.6. The lowest BCUT2D eigenvalue weighted by atomic mass is 9.72. The van der Waals surface area contributed by atoms with Gasteiger partial charge in [0.05, 0.1) is 36.3 Å². The fourth-order valence-electron chi connectivity index (χ4n) is 3.09. The van der Waals surface area contributed by atoms with Gasteiger partial charge in [0, 0.05) is 0 Å². The molecule has 0 aromatic rings. The number of Topliss-reactive ketones (excluding diaryl/α,β-unsaturated/α-hetero) is 1. The molecular weight excluding hydrogens is 340 g/mol. The number of ketones is 1. The Hall–Kier alpha value is -1.93. The monoisotopic (exact) mass is 366 g/mol. The van der Waals surface area contributed by atoms with Crippen molar-refractivity contribution in [2.24, 2.45) is 11.8 Å². The SMILES string of the molecule is CC1(O)C=C(OCCO)C=CC1C(=O)C1C=CC(OCCO)=CC1(C)O. The van der Waals surface area contributed by atoms with Crippen LogP contribution in [0.25, 0.3) is 0 Å². The van der Waals surface area contributed by atoms with Gasteiger partial charge in [0.25, 0.3) is 0 Å². The summed E-state index contributed by atoms with van der Waals surface area (Å²) in [7, 11) is 0. The van der Waals surface area contributed by atoms with Crippen molar-refractivity contribution in [2.75, 3.05) is 26.4 Å². The van der Waals surface area contributed by atoms with Crippen molar-refractivity contribution in [1.82, 2.24) is 0 Å². The van der Waals surface area contributed by atoms with Crippen LogP contribution < -0.4 is 0 Å². The van der Waals surface area contributed by atoms with E-state index in [0.29, 0.717) is 11.5 Å². The highest BCUT2D eigenvalue weighted by atomic mass is 16.5. The lowest BCUT2D eigenvalue weighted by Gasteiger charge is -2.37. The second-order valence-corrected chi connectivity index (χ2v) is 6.77. The zero-order chi connectivity index (χ0) is 19.4. The number of hydrogen-bond donors (Lipinski definition) is 4. The smallest absolute Gasteiger partial charge is 0.152 e. The summed E-state index contributed by atoms with van der Waals surface area (Å²) >= 11 is 0. The van der Waals surface area contributed by atoms with E-state index in [2.05, 4.69) is 0 Å². The maximum Gasteiger partial charge on any atom is 0.152 e. The highest BCUT2D eigenvalue weighted by Crippen LogP contribution is 2.36. The summed E-state index contributed by atoms with van der Waals surface area (Å²) in [5.41, 5.74) is -2.98. The molecule has 7 nitrogen and oxygen atoms in total. The molecule has 0 aromatic heterocycles. The van der Waals surface area contributed by atoms with Crippen LogP contribution in [-0.2, 0) is 14.3 Å². The molecule has 0 spiro atoms. The predicted molar refractivity (Wildman–Crippen MR) is 93.8 cm³/mol. The number of ether oxygens (including phenoxy) is 2. The Kier molecular flexibility index (Phi) is 6.41. The van der Waals surface area contributed by atoms with Crippen LogP contribution >= 0.6 is 0 Å². The molecule has 0 saturated carbocycles. The van der Waals surface area contributed by atoms with Gasteiger partial charge in [0.1, 0.15) is 24.7 Å². The molecule has 2 aliphatic carbocycles. The number of rotatable bonds is 8. The van der Waals surface area contributed by atoms with Crippen molar-refractivity contribution in [1.29, 1.82) is 0 Å². The van der Waals surface area contributed by atoms with Gasteiger partial charge in [-0.2, -0.15) is 0 Å². The molecule has 0 fully saturated rings. The normalized spacial score (nSPS) is 33.5. The summed E-state index contributed by atoms with van der Waals surface area (Å²) in [6.07, 6.45) is 9.09. The van der Waals surface area contributed by atoms with E-state index in [0.717, 1.165) is 0 Å². The van der Waals surface area contributed by atoms with Gasteiger partial charge in [-0.3, -0.25) is 4.79 Å². The molecule has 7 heteroatoms. The average molecular weight is 366 g/mol. The van der Waals surface area contributed by atoms with Gasteiger partial charge >= 0.3 is 0 Å². The third kappa shape index (κ3) is 4.62. The number of hydrogen-bond acceptors (Lipinski definition) is 7. The molecule has 0 aromatic carbocycles. The number of allylic oxidation sites excluding steroid dienone is 2. The van der Waals surface area contributed by atoms with Gasteiger partial charge in [-0.1, -0.05) is 12.2 Å². The van der Waals surface area contributed by atoms with E-state index in [1.807, 2.05) is 0 Å². The Balaban J connectivity index is 2.15. The van der Waals surface area contributed by atoms with Crippen molar-refractivity contribution in [3.63, 3.8) is 0 Å². The van der Waals surface area contributed by atoms with Crippen LogP contribution in [0.1, 0.15) is 13.8 Å². The Labute approximate surface area is 152 Å². The molecule has 0 radical (unpaired) electrons.